The number of benzene rings is 4. The molecule has 0 atom stereocenters. The van der Waals surface area contributed by atoms with Crippen LogP contribution in [0.4, 0.5) is 11.6 Å². The molecule has 8 aromatic rings. The fourth-order valence-corrected chi connectivity index (χ4v) is 8.23. The fraction of sp³-hybridized carbons (Fsp3) is 0.222. The molecule has 2 aliphatic rings. The average Bonchev–Trinajstić information content (AvgIpc) is 3.69. The molecule has 4 aromatic carbocycles. The van der Waals surface area contributed by atoms with Crippen LogP contribution < -0.4 is 14.5 Å². The Bertz CT molecular complexity index is 2850. The first-order chi connectivity index (χ1) is 27.8. The first-order valence-electron chi connectivity index (χ1n) is 19.2. The molecule has 57 heavy (non-hydrogen) atoms. The molecule has 0 saturated carbocycles. The lowest BCUT2D eigenvalue weighted by atomic mass is 9.98. The molecule has 0 N–H and O–H groups in total. The number of aromatic nitrogens is 8. The number of carbonyl (C=O) groups excluding carboxylic acids is 1. The van der Waals surface area contributed by atoms with Gasteiger partial charge < -0.3 is 23.7 Å². The number of para-hydroxylation sites is 5. The third-order valence-corrected chi connectivity index (χ3v) is 11.2. The molecule has 0 bridgehead atoms. The van der Waals surface area contributed by atoms with Crippen molar-refractivity contribution in [3.8, 4) is 28.3 Å². The molecular formula is C45H40N10O2. The Morgan fingerprint density at radius 2 is 1.02 bits per heavy atom. The van der Waals surface area contributed by atoms with Crippen LogP contribution in [0.2, 0.25) is 0 Å². The number of carbonyl (C=O) groups is 1. The second kappa shape index (κ2) is 13.7. The maximum Gasteiger partial charge on any atom is 0.344 e. The minimum Gasteiger partial charge on any atom is -0.422 e. The first kappa shape index (κ1) is 34.5. The Kier molecular flexibility index (Phi) is 8.28. The topological polar surface area (TPSA) is 120 Å². The van der Waals surface area contributed by atoms with E-state index >= 15 is 0 Å². The Morgan fingerprint density at radius 1 is 0.561 bits per heavy atom. The third-order valence-electron chi connectivity index (χ3n) is 11.2. The highest BCUT2D eigenvalue weighted by molar-refractivity contribution is 5.98. The number of hydrogen-bond donors (Lipinski definition) is 0. The molecule has 10 rings (SSSR count). The SMILES string of the molecule is Cc1nc(-c2ccccc2OC(=O)c2ccccc2-c2cc(N3CC(c4nc5ccccc5n4C)C3)nc(C)n2)cc(N2CC(c3nc4ccccc4n3C)C2)n1. The Hall–Kier alpha value is -6.95. The number of nitrogens with zero attached hydrogens (tertiary/aromatic N) is 10. The number of ether oxygens (including phenoxy) is 1. The van der Waals surface area contributed by atoms with Crippen molar-refractivity contribution in [1.29, 1.82) is 0 Å². The normalized spacial score (nSPS) is 14.6. The fourth-order valence-electron chi connectivity index (χ4n) is 8.23. The molecule has 0 unspecified atom stereocenters. The summed E-state index contributed by atoms with van der Waals surface area (Å²) >= 11 is 0. The van der Waals surface area contributed by atoms with Crippen molar-refractivity contribution in [3.63, 3.8) is 0 Å². The zero-order valence-electron chi connectivity index (χ0n) is 32.2. The molecule has 282 valence electrons. The van der Waals surface area contributed by atoms with E-state index in [1.807, 2.05) is 86.6 Å². The lowest BCUT2D eigenvalue weighted by molar-refractivity contribution is 0.0736. The van der Waals surface area contributed by atoms with Crippen LogP contribution in [0.1, 0.15) is 45.5 Å². The van der Waals surface area contributed by atoms with Crippen molar-refractivity contribution in [2.45, 2.75) is 25.7 Å². The summed E-state index contributed by atoms with van der Waals surface area (Å²) < 4.78 is 10.6. The van der Waals surface area contributed by atoms with Crippen LogP contribution in [0.3, 0.4) is 0 Å². The molecule has 4 aromatic heterocycles. The van der Waals surface area contributed by atoms with E-state index in [1.165, 1.54) is 0 Å². The van der Waals surface area contributed by atoms with Crippen LogP contribution in [0, 0.1) is 13.8 Å². The standard InChI is InChI=1S/C45H40N10O2/c1-27-46-36(21-41(48-27)54-23-29(24-54)43-50-34-16-8-10-18-38(34)52(43)3)31-13-5-6-14-32(31)45(56)57-40-20-12-7-15-33(40)37-22-42(49-28(2)47-37)55-25-30(26-55)44-51-35-17-9-11-19-39(35)53(44)4/h5-22,29-30H,23-26H2,1-4H3. The highest BCUT2D eigenvalue weighted by atomic mass is 16.5. The van der Waals surface area contributed by atoms with E-state index in [9.17, 15) is 4.79 Å². The highest BCUT2D eigenvalue weighted by Gasteiger charge is 2.35. The zero-order chi connectivity index (χ0) is 38.8. The van der Waals surface area contributed by atoms with Crippen LogP contribution >= 0.6 is 0 Å². The van der Waals surface area contributed by atoms with Crippen molar-refractivity contribution < 1.29 is 9.53 Å². The third kappa shape index (κ3) is 6.13. The summed E-state index contributed by atoms with van der Waals surface area (Å²) in [6.07, 6.45) is 0. The monoisotopic (exact) mass is 752 g/mol. The van der Waals surface area contributed by atoms with E-state index in [1.54, 1.807) is 12.1 Å². The van der Waals surface area contributed by atoms with E-state index in [0.717, 1.165) is 71.5 Å². The van der Waals surface area contributed by atoms with Gasteiger partial charge in [0.2, 0.25) is 0 Å². The minimum absolute atomic E-state index is 0.286. The number of anilines is 2. The van der Waals surface area contributed by atoms with E-state index in [0.29, 0.717) is 51.4 Å². The molecular weight excluding hydrogens is 713 g/mol. The van der Waals surface area contributed by atoms with Crippen molar-refractivity contribution in [1.82, 2.24) is 39.0 Å². The number of aryl methyl sites for hydroxylation is 4. The molecule has 12 nitrogen and oxygen atoms in total. The average molecular weight is 753 g/mol. The minimum atomic E-state index is -0.485. The van der Waals surface area contributed by atoms with Gasteiger partial charge in [0.05, 0.1) is 50.9 Å². The van der Waals surface area contributed by atoms with Gasteiger partial charge in [-0.05, 0) is 56.3 Å². The van der Waals surface area contributed by atoms with Crippen LogP contribution in [0.5, 0.6) is 5.75 Å². The number of rotatable bonds is 8. The van der Waals surface area contributed by atoms with Crippen molar-refractivity contribution >= 4 is 39.7 Å². The maximum atomic E-state index is 14.1. The molecule has 0 amide bonds. The van der Waals surface area contributed by atoms with Crippen molar-refractivity contribution in [3.05, 3.63) is 138 Å². The van der Waals surface area contributed by atoms with Gasteiger partial charge in [0.1, 0.15) is 40.7 Å². The van der Waals surface area contributed by atoms with Gasteiger partial charge in [-0.3, -0.25) is 0 Å². The number of fused-ring (bicyclic) bond motifs is 2. The second-order valence-corrected chi connectivity index (χ2v) is 15.0. The lowest BCUT2D eigenvalue weighted by Gasteiger charge is -2.39. The molecule has 12 heteroatoms. The number of hydrogen-bond acceptors (Lipinski definition) is 10. The van der Waals surface area contributed by atoms with Crippen LogP contribution in [0.15, 0.2) is 109 Å². The molecule has 0 spiro atoms. The van der Waals surface area contributed by atoms with Gasteiger partial charge in [-0.2, -0.15) is 0 Å². The van der Waals surface area contributed by atoms with Gasteiger partial charge in [0.25, 0.3) is 0 Å². The van der Waals surface area contributed by atoms with E-state index in [-0.39, 0.29) is 5.92 Å². The van der Waals surface area contributed by atoms with Crippen molar-refractivity contribution in [2.24, 2.45) is 14.1 Å². The smallest absolute Gasteiger partial charge is 0.344 e. The summed E-state index contributed by atoms with van der Waals surface area (Å²) in [5.41, 5.74) is 7.41. The van der Waals surface area contributed by atoms with Gasteiger partial charge in [-0.1, -0.05) is 54.6 Å². The summed E-state index contributed by atoms with van der Waals surface area (Å²) in [4.78, 5) is 47.6. The summed E-state index contributed by atoms with van der Waals surface area (Å²) in [6, 6.07) is 35.3. The molecule has 2 fully saturated rings. The quantitative estimate of drug-likeness (QED) is 0.115. The lowest BCUT2D eigenvalue weighted by Crippen LogP contribution is -2.46. The zero-order valence-corrected chi connectivity index (χ0v) is 32.2. The van der Waals surface area contributed by atoms with Gasteiger partial charge in [-0.25, -0.2) is 34.7 Å². The predicted molar refractivity (Wildman–Crippen MR) is 221 cm³/mol. The molecule has 2 aliphatic heterocycles. The molecule has 6 heterocycles. The van der Waals surface area contributed by atoms with Gasteiger partial charge >= 0.3 is 5.97 Å². The van der Waals surface area contributed by atoms with Crippen molar-refractivity contribution in [2.75, 3.05) is 36.0 Å². The summed E-state index contributed by atoms with van der Waals surface area (Å²) in [5.74, 6) is 5.56. The Labute approximate surface area is 329 Å². The number of imidazole rings is 2. The van der Waals surface area contributed by atoms with E-state index in [4.69, 9.17) is 34.6 Å². The Morgan fingerprint density at radius 3 is 1.56 bits per heavy atom. The maximum absolute atomic E-state index is 14.1. The molecule has 0 aliphatic carbocycles. The largest absolute Gasteiger partial charge is 0.422 e. The van der Waals surface area contributed by atoms with Crippen LogP contribution in [0.25, 0.3) is 44.6 Å². The molecule has 2 saturated heterocycles. The van der Waals surface area contributed by atoms with Crippen LogP contribution in [-0.4, -0.2) is 71.2 Å². The first-order valence-corrected chi connectivity index (χ1v) is 19.2. The van der Waals surface area contributed by atoms with Gasteiger partial charge in [-0.15, -0.1) is 0 Å². The molecule has 0 radical (unpaired) electrons. The second-order valence-electron chi connectivity index (χ2n) is 15.0. The van der Waals surface area contributed by atoms with E-state index in [2.05, 4.69) is 57.3 Å². The highest BCUT2D eigenvalue weighted by Crippen LogP contribution is 2.37. The summed E-state index contributed by atoms with van der Waals surface area (Å²) in [6.45, 7) is 6.94. The van der Waals surface area contributed by atoms with Gasteiger partial charge in [0, 0.05) is 63.5 Å². The van der Waals surface area contributed by atoms with Crippen LogP contribution in [-0.2, 0) is 14.1 Å². The Balaban J connectivity index is 0.876. The summed E-state index contributed by atoms with van der Waals surface area (Å²) in [5, 5.41) is 0. The van der Waals surface area contributed by atoms with E-state index < -0.39 is 5.97 Å². The predicted octanol–water partition coefficient (Wildman–Crippen LogP) is 7.42. The van der Waals surface area contributed by atoms with Gasteiger partial charge in [0.15, 0.2) is 0 Å². The summed E-state index contributed by atoms with van der Waals surface area (Å²) in [7, 11) is 4.16. The number of esters is 1.